The van der Waals surface area contributed by atoms with E-state index in [1.807, 2.05) is 49.8 Å². The van der Waals surface area contributed by atoms with Crippen molar-refractivity contribution in [3.63, 3.8) is 0 Å². The van der Waals surface area contributed by atoms with Gasteiger partial charge < -0.3 is 10.1 Å². The van der Waals surface area contributed by atoms with Crippen molar-refractivity contribution in [3.05, 3.63) is 48.3 Å². The molecule has 1 saturated carbocycles. The molecule has 5 nitrogen and oxygen atoms in total. The maximum absolute atomic E-state index is 12.2. The van der Waals surface area contributed by atoms with Crippen molar-refractivity contribution in [1.29, 1.82) is 0 Å². The summed E-state index contributed by atoms with van der Waals surface area (Å²) in [6, 6.07) is 9.92. The van der Waals surface area contributed by atoms with E-state index in [0.717, 1.165) is 37.0 Å². The molecular formula is C18H23N3O2. The molecule has 0 saturated heterocycles. The first-order valence-electron chi connectivity index (χ1n) is 8.19. The molecular weight excluding hydrogens is 290 g/mol. The Hall–Kier alpha value is -2.30. The van der Waals surface area contributed by atoms with Crippen molar-refractivity contribution < 1.29 is 9.53 Å². The van der Waals surface area contributed by atoms with Crippen molar-refractivity contribution in [2.75, 3.05) is 0 Å². The summed E-state index contributed by atoms with van der Waals surface area (Å²) in [5, 5.41) is 7.26. The second-order valence-corrected chi connectivity index (χ2v) is 6.10. The number of aromatic nitrogens is 2. The highest BCUT2D eigenvalue weighted by atomic mass is 16.5. The van der Waals surface area contributed by atoms with Crippen LogP contribution in [0.1, 0.15) is 31.2 Å². The van der Waals surface area contributed by atoms with E-state index in [1.165, 1.54) is 0 Å². The fourth-order valence-corrected chi connectivity index (χ4v) is 3.04. The number of carbonyl (C=O) groups excluding carboxylic acids is 1. The van der Waals surface area contributed by atoms with E-state index < -0.39 is 0 Å². The smallest absolute Gasteiger partial charge is 0.220 e. The van der Waals surface area contributed by atoms with Crippen LogP contribution in [-0.2, 0) is 18.3 Å². The zero-order valence-corrected chi connectivity index (χ0v) is 13.4. The van der Waals surface area contributed by atoms with E-state index >= 15 is 0 Å². The zero-order chi connectivity index (χ0) is 16.1. The summed E-state index contributed by atoms with van der Waals surface area (Å²) in [5.74, 6) is 0.955. The largest absolute Gasteiger partial charge is 0.488 e. The highest BCUT2D eigenvalue weighted by Gasteiger charge is 2.30. The Morgan fingerprint density at radius 2 is 2.17 bits per heavy atom. The number of benzene rings is 1. The van der Waals surface area contributed by atoms with Gasteiger partial charge in [-0.05, 0) is 43.4 Å². The van der Waals surface area contributed by atoms with E-state index in [9.17, 15) is 4.79 Å². The van der Waals surface area contributed by atoms with Crippen LogP contribution < -0.4 is 10.1 Å². The van der Waals surface area contributed by atoms with Gasteiger partial charge in [-0.1, -0.05) is 18.2 Å². The molecule has 2 atom stereocenters. The molecule has 2 aromatic rings. The lowest BCUT2D eigenvalue weighted by Gasteiger charge is -2.22. The molecule has 0 bridgehead atoms. The second-order valence-electron chi connectivity index (χ2n) is 6.10. The molecule has 1 amide bonds. The summed E-state index contributed by atoms with van der Waals surface area (Å²) in [6.45, 7) is 0. The molecule has 3 rings (SSSR count). The van der Waals surface area contributed by atoms with Crippen molar-refractivity contribution in [2.24, 2.45) is 7.05 Å². The Morgan fingerprint density at radius 1 is 1.35 bits per heavy atom. The Labute approximate surface area is 136 Å². The lowest BCUT2D eigenvalue weighted by molar-refractivity contribution is -0.122. The molecule has 1 N–H and O–H groups in total. The number of hydrogen-bond acceptors (Lipinski definition) is 3. The minimum atomic E-state index is 0.0692. The van der Waals surface area contributed by atoms with Crippen molar-refractivity contribution in [2.45, 2.75) is 44.2 Å². The highest BCUT2D eigenvalue weighted by Crippen LogP contribution is 2.24. The number of ether oxygens (including phenoxy) is 1. The van der Waals surface area contributed by atoms with Gasteiger partial charge in [-0.3, -0.25) is 9.48 Å². The van der Waals surface area contributed by atoms with E-state index in [4.69, 9.17) is 4.74 Å². The van der Waals surface area contributed by atoms with E-state index in [0.29, 0.717) is 6.42 Å². The number of nitrogens with one attached hydrogen (secondary N) is 1. The van der Waals surface area contributed by atoms with Crippen LogP contribution in [-0.4, -0.2) is 27.8 Å². The maximum atomic E-state index is 12.2. The summed E-state index contributed by atoms with van der Waals surface area (Å²) in [4.78, 5) is 12.2. The van der Waals surface area contributed by atoms with E-state index in [1.54, 1.807) is 4.68 Å². The average molecular weight is 313 g/mol. The minimum Gasteiger partial charge on any atom is -0.488 e. The van der Waals surface area contributed by atoms with Gasteiger partial charge in [-0.15, -0.1) is 0 Å². The summed E-state index contributed by atoms with van der Waals surface area (Å²) < 4.78 is 7.78. The van der Waals surface area contributed by atoms with E-state index in [-0.39, 0.29) is 18.1 Å². The van der Waals surface area contributed by atoms with Crippen molar-refractivity contribution >= 4 is 5.91 Å². The third kappa shape index (κ3) is 4.34. The molecule has 23 heavy (non-hydrogen) atoms. The normalized spacial score (nSPS) is 20.4. The SMILES string of the molecule is Cn1cc(CCC(=O)N[C@H]2CCC[C@@H]2Oc2ccccc2)cn1. The first-order chi connectivity index (χ1) is 11.2. The quantitative estimate of drug-likeness (QED) is 0.891. The molecule has 0 radical (unpaired) electrons. The van der Waals surface area contributed by atoms with Crippen LogP contribution in [0.5, 0.6) is 5.75 Å². The number of nitrogens with zero attached hydrogens (tertiary/aromatic N) is 2. The van der Waals surface area contributed by atoms with Crippen LogP contribution >= 0.6 is 0 Å². The highest BCUT2D eigenvalue weighted by molar-refractivity contribution is 5.76. The molecule has 0 spiro atoms. The molecule has 0 unspecified atom stereocenters. The van der Waals surface area contributed by atoms with Gasteiger partial charge in [0.05, 0.1) is 12.2 Å². The monoisotopic (exact) mass is 313 g/mol. The van der Waals surface area contributed by atoms with Crippen LogP contribution in [0, 0.1) is 0 Å². The molecule has 1 aromatic heterocycles. The molecule has 0 aliphatic heterocycles. The topological polar surface area (TPSA) is 56.2 Å². The number of carbonyl (C=O) groups is 1. The number of amides is 1. The Balaban J connectivity index is 1.48. The Morgan fingerprint density at radius 3 is 2.91 bits per heavy atom. The fraction of sp³-hybridized carbons (Fsp3) is 0.444. The molecule has 1 heterocycles. The molecule has 1 aliphatic carbocycles. The van der Waals surface area contributed by atoms with Crippen molar-refractivity contribution in [1.82, 2.24) is 15.1 Å². The maximum Gasteiger partial charge on any atom is 0.220 e. The summed E-state index contributed by atoms with van der Waals surface area (Å²) in [5.41, 5.74) is 1.09. The lowest BCUT2D eigenvalue weighted by Crippen LogP contribution is -2.42. The molecule has 5 heteroatoms. The van der Waals surface area contributed by atoms with E-state index in [2.05, 4.69) is 10.4 Å². The van der Waals surface area contributed by atoms with Gasteiger partial charge in [0.25, 0.3) is 0 Å². The van der Waals surface area contributed by atoms with Gasteiger partial charge >= 0.3 is 0 Å². The molecule has 122 valence electrons. The van der Waals surface area contributed by atoms with Crippen LogP contribution in [0.2, 0.25) is 0 Å². The van der Waals surface area contributed by atoms with Gasteiger partial charge in [0.15, 0.2) is 0 Å². The van der Waals surface area contributed by atoms with Gasteiger partial charge in [0, 0.05) is 19.7 Å². The first-order valence-corrected chi connectivity index (χ1v) is 8.19. The number of rotatable bonds is 6. The van der Waals surface area contributed by atoms with Gasteiger partial charge in [0.1, 0.15) is 11.9 Å². The Bertz CT molecular complexity index is 639. The summed E-state index contributed by atoms with van der Waals surface area (Å²) in [7, 11) is 1.88. The summed E-state index contributed by atoms with van der Waals surface area (Å²) >= 11 is 0. The lowest BCUT2D eigenvalue weighted by atomic mass is 10.1. The van der Waals surface area contributed by atoms with Gasteiger partial charge in [0.2, 0.25) is 5.91 Å². The van der Waals surface area contributed by atoms with Crippen LogP contribution in [0.25, 0.3) is 0 Å². The fourth-order valence-electron chi connectivity index (χ4n) is 3.04. The van der Waals surface area contributed by atoms with Gasteiger partial charge in [-0.25, -0.2) is 0 Å². The number of para-hydroxylation sites is 1. The molecule has 1 aromatic carbocycles. The number of hydrogen-bond donors (Lipinski definition) is 1. The third-order valence-electron chi connectivity index (χ3n) is 4.23. The van der Waals surface area contributed by atoms with Crippen molar-refractivity contribution in [3.8, 4) is 5.75 Å². The first kappa shape index (κ1) is 15.6. The number of aryl methyl sites for hydroxylation is 2. The molecule has 1 fully saturated rings. The zero-order valence-electron chi connectivity index (χ0n) is 13.4. The predicted octanol–water partition coefficient (Wildman–Crippen LogP) is 2.47. The van der Waals surface area contributed by atoms with Crippen LogP contribution in [0.4, 0.5) is 0 Å². The second kappa shape index (κ2) is 7.31. The predicted molar refractivity (Wildman–Crippen MR) is 88.2 cm³/mol. The Kier molecular flexibility index (Phi) is 4.95. The van der Waals surface area contributed by atoms with Gasteiger partial charge in [-0.2, -0.15) is 5.10 Å². The molecule has 1 aliphatic rings. The van der Waals surface area contributed by atoms with Crippen LogP contribution in [0.3, 0.4) is 0 Å². The van der Waals surface area contributed by atoms with Crippen LogP contribution in [0.15, 0.2) is 42.7 Å². The minimum absolute atomic E-state index is 0.0692. The third-order valence-corrected chi connectivity index (χ3v) is 4.23. The standard InChI is InChI=1S/C18H23N3O2/c1-21-13-14(12-19-21)10-11-18(22)20-16-8-5-9-17(16)23-15-6-3-2-4-7-15/h2-4,6-7,12-13,16-17H,5,8-11H2,1H3,(H,20,22)/t16-,17-/m0/s1. The summed E-state index contributed by atoms with van der Waals surface area (Å²) in [6.07, 6.45) is 8.09. The average Bonchev–Trinajstić information content (AvgIpc) is 3.16.